The second kappa shape index (κ2) is 8.20. The molecule has 0 aliphatic carbocycles. The second-order valence-corrected chi connectivity index (χ2v) is 7.29. The Labute approximate surface area is 167 Å². The molecule has 0 aliphatic rings. The molecule has 1 heterocycles. The van der Waals surface area contributed by atoms with E-state index in [4.69, 9.17) is 16.3 Å². The highest BCUT2D eigenvalue weighted by Gasteiger charge is 2.31. The van der Waals surface area contributed by atoms with Gasteiger partial charge in [0, 0.05) is 22.5 Å². The van der Waals surface area contributed by atoms with Gasteiger partial charge in [0.1, 0.15) is 5.75 Å². The monoisotopic (exact) mass is 426 g/mol. The summed E-state index contributed by atoms with van der Waals surface area (Å²) in [5, 5.41) is 3.23. The van der Waals surface area contributed by atoms with Gasteiger partial charge < -0.3 is 4.74 Å². The number of aromatic nitrogens is 1. The van der Waals surface area contributed by atoms with E-state index in [1.54, 1.807) is 24.3 Å². The maximum absolute atomic E-state index is 12.9. The fraction of sp³-hybridized carbons (Fsp3) is 0.158. The molecule has 9 heteroatoms. The number of rotatable bonds is 5. The summed E-state index contributed by atoms with van der Waals surface area (Å²) in [6.45, 7) is 0. The van der Waals surface area contributed by atoms with Gasteiger partial charge in [0.05, 0.1) is 18.2 Å². The molecular weight excluding hydrogens is 413 g/mol. The van der Waals surface area contributed by atoms with Gasteiger partial charge in [-0.2, -0.15) is 13.2 Å². The number of benzene rings is 2. The summed E-state index contributed by atoms with van der Waals surface area (Å²) in [6.07, 6.45) is -2.77. The number of methoxy groups -OCH3 is 1. The van der Waals surface area contributed by atoms with Crippen molar-refractivity contribution in [3.8, 4) is 5.75 Å². The molecule has 0 atom stereocenters. The normalized spacial score (nSPS) is 11.3. The van der Waals surface area contributed by atoms with Crippen LogP contribution in [-0.4, -0.2) is 18.0 Å². The summed E-state index contributed by atoms with van der Waals surface area (Å²) in [5.74, 6) is 0.0305. The molecule has 0 fully saturated rings. The summed E-state index contributed by atoms with van der Waals surface area (Å²) in [6, 6.07) is 9.93. The SMILES string of the molecule is COc1ccccc1C(=O)Nc1ncc(Cc2cc(C(F)(F)F)ccc2Cl)s1. The largest absolute Gasteiger partial charge is 0.496 e. The van der Waals surface area contributed by atoms with Gasteiger partial charge in [-0.25, -0.2) is 4.98 Å². The van der Waals surface area contributed by atoms with E-state index in [2.05, 4.69) is 10.3 Å². The molecule has 0 saturated carbocycles. The van der Waals surface area contributed by atoms with Crippen LogP contribution in [0.4, 0.5) is 18.3 Å². The summed E-state index contributed by atoms with van der Waals surface area (Å²) in [7, 11) is 1.46. The number of alkyl halides is 3. The molecule has 2 aromatic carbocycles. The van der Waals surface area contributed by atoms with Crippen LogP contribution in [0.15, 0.2) is 48.7 Å². The first-order chi connectivity index (χ1) is 13.3. The van der Waals surface area contributed by atoms with Crippen LogP contribution in [0.5, 0.6) is 5.75 Å². The van der Waals surface area contributed by atoms with Crippen molar-refractivity contribution in [3.63, 3.8) is 0 Å². The zero-order chi connectivity index (χ0) is 20.3. The number of halogens is 4. The van der Waals surface area contributed by atoms with Gasteiger partial charge in [-0.05, 0) is 35.9 Å². The van der Waals surface area contributed by atoms with Crippen molar-refractivity contribution in [1.29, 1.82) is 0 Å². The van der Waals surface area contributed by atoms with Gasteiger partial charge in [0.25, 0.3) is 5.91 Å². The third-order valence-corrected chi connectivity index (χ3v) is 5.14. The molecule has 146 valence electrons. The summed E-state index contributed by atoms with van der Waals surface area (Å²) in [4.78, 5) is 17.2. The molecule has 0 radical (unpaired) electrons. The lowest BCUT2D eigenvalue weighted by atomic mass is 10.1. The van der Waals surface area contributed by atoms with Crippen LogP contribution >= 0.6 is 22.9 Å². The van der Waals surface area contributed by atoms with Crippen LogP contribution in [0.2, 0.25) is 5.02 Å². The van der Waals surface area contributed by atoms with Gasteiger partial charge in [-0.1, -0.05) is 23.7 Å². The number of amides is 1. The van der Waals surface area contributed by atoms with Crippen molar-refractivity contribution in [2.24, 2.45) is 0 Å². The van der Waals surface area contributed by atoms with E-state index >= 15 is 0 Å². The van der Waals surface area contributed by atoms with Crippen molar-refractivity contribution in [2.45, 2.75) is 12.6 Å². The van der Waals surface area contributed by atoms with Gasteiger partial charge >= 0.3 is 6.18 Å². The summed E-state index contributed by atoms with van der Waals surface area (Å²) < 4.78 is 43.9. The molecule has 0 spiro atoms. The Morgan fingerprint density at radius 1 is 1.25 bits per heavy atom. The summed E-state index contributed by atoms with van der Waals surface area (Å²) >= 11 is 7.20. The predicted molar refractivity (Wildman–Crippen MR) is 102 cm³/mol. The van der Waals surface area contributed by atoms with Crippen LogP contribution in [0.1, 0.15) is 26.4 Å². The Kier molecular flexibility index (Phi) is 5.90. The lowest BCUT2D eigenvalue weighted by Crippen LogP contribution is -2.12. The van der Waals surface area contributed by atoms with Crippen LogP contribution in [-0.2, 0) is 12.6 Å². The van der Waals surface area contributed by atoms with E-state index in [0.29, 0.717) is 26.9 Å². The Hall–Kier alpha value is -2.58. The summed E-state index contributed by atoms with van der Waals surface area (Å²) in [5.41, 5.74) is -0.0773. The Balaban J connectivity index is 1.75. The molecule has 1 N–H and O–H groups in total. The number of nitrogens with one attached hydrogen (secondary N) is 1. The first kappa shape index (κ1) is 20.2. The maximum Gasteiger partial charge on any atom is 0.416 e. The van der Waals surface area contributed by atoms with Crippen LogP contribution < -0.4 is 10.1 Å². The van der Waals surface area contributed by atoms with Crippen molar-refractivity contribution < 1.29 is 22.7 Å². The molecule has 28 heavy (non-hydrogen) atoms. The highest BCUT2D eigenvalue weighted by atomic mass is 35.5. The molecule has 1 amide bonds. The molecule has 0 unspecified atom stereocenters. The topological polar surface area (TPSA) is 51.2 Å². The minimum atomic E-state index is -4.44. The number of anilines is 1. The molecule has 1 aromatic heterocycles. The molecular formula is C19H14ClF3N2O2S. The third kappa shape index (κ3) is 4.63. The zero-order valence-electron chi connectivity index (χ0n) is 14.5. The minimum absolute atomic E-state index is 0.172. The lowest BCUT2D eigenvalue weighted by molar-refractivity contribution is -0.137. The molecule has 3 rings (SSSR count). The molecule has 0 saturated heterocycles. The highest BCUT2D eigenvalue weighted by molar-refractivity contribution is 7.15. The first-order valence-electron chi connectivity index (χ1n) is 8.02. The molecule has 0 aliphatic heterocycles. The van der Waals surface area contributed by atoms with Crippen LogP contribution in [0, 0.1) is 0 Å². The molecule has 3 aromatic rings. The Bertz CT molecular complexity index is 1000. The van der Waals surface area contributed by atoms with Crippen molar-refractivity contribution in [1.82, 2.24) is 4.98 Å². The lowest BCUT2D eigenvalue weighted by Gasteiger charge is -2.09. The third-order valence-electron chi connectivity index (χ3n) is 3.86. The second-order valence-electron chi connectivity index (χ2n) is 5.77. The fourth-order valence-electron chi connectivity index (χ4n) is 2.52. The highest BCUT2D eigenvalue weighted by Crippen LogP contribution is 2.33. The number of hydrogen-bond acceptors (Lipinski definition) is 4. The number of carbonyl (C=O) groups excluding carboxylic acids is 1. The van der Waals surface area contributed by atoms with E-state index in [9.17, 15) is 18.0 Å². The van der Waals surface area contributed by atoms with E-state index in [1.807, 2.05) is 0 Å². The van der Waals surface area contributed by atoms with Crippen molar-refractivity contribution in [2.75, 3.05) is 12.4 Å². The number of nitrogens with zero attached hydrogens (tertiary/aromatic N) is 1. The van der Waals surface area contributed by atoms with E-state index in [1.165, 1.54) is 19.4 Å². The predicted octanol–water partition coefficient (Wildman–Crippen LogP) is 5.67. The molecule has 0 bridgehead atoms. The average Bonchev–Trinajstić information content (AvgIpc) is 3.09. The number of para-hydroxylation sites is 1. The maximum atomic E-state index is 12.9. The van der Waals surface area contributed by atoms with E-state index in [-0.39, 0.29) is 11.4 Å². The first-order valence-corrected chi connectivity index (χ1v) is 9.22. The minimum Gasteiger partial charge on any atom is -0.496 e. The van der Waals surface area contributed by atoms with Crippen LogP contribution in [0.3, 0.4) is 0 Å². The average molecular weight is 427 g/mol. The fourth-order valence-corrected chi connectivity index (χ4v) is 3.53. The number of thiazole rings is 1. The Morgan fingerprint density at radius 2 is 2.00 bits per heavy atom. The number of hydrogen-bond donors (Lipinski definition) is 1. The van der Waals surface area contributed by atoms with Gasteiger partial charge in [-0.3, -0.25) is 10.1 Å². The smallest absolute Gasteiger partial charge is 0.416 e. The number of ether oxygens (including phenoxy) is 1. The zero-order valence-corrected chi connectivity index (χ0v) is 16.1. The molecule has 4 nitrogen and oxygen atoms in total. The van der Waals surface area contributed by atoms with Crippen molar-refractivity contribution >= 4 is 34.0 Å². The van der Waals surface area contributed by atoms with Gasteiger partial charge in [0.2, 0.25) is 0 Å². The Morgan fingerprint density at radius 3 is 2.71 bits per heavy atom. The standard InChI is InChI=1S/C19H14ClF3N2O2S/c1-27-16-5-3-2-4-14(16)17(26)25-18-24-10-13(28-18)9-11-8-12(19(21,22)23)6-7-15(11)20/h2-8,10H,9H2,1H3,(H,24,25,26). The van der Waals surface area contributed by atoms with Gasteiger partial charge in [0.15, 0.2) is 5.13 Å². The number of carbonyl (C=O) groups is 1. The van der Waals surface area contributed by atoms with E-state index in [0.717, 1.165) is 23.5 Å². The van der Waals surface area contributed by atoms with Crippen LogP contribution in [0.25, 0.3) is 0 Å². The van der Waals surface area contributed by atoms with Crippen molar-refractivity contribution in [3.05, 3.63) is 75.3 Å². The van der Waals surface area contributed by atoms with Gasteiger partial charge in [-0.15, -0.1) is 11.3 Å². The van der Waals surface area contributed by atoms with E-state index < -0.39 is 17.6 Å². The quantitative estimate of drug-likeness (QED) is 0.572.